The summed E-state index contributed by atoms with van der Waals surface area (Å²) in [4.78, 5) is 7.32. The molecule has 0 bridgehead atoms. The second-order valence-corrected chi connectivity index (χ2v) is 15.5. The van der Waals surface area contributed by atoms with E-state index in [1.54, 1.807) is 0 Å². The number of para-hydroxylation sites is 6. The van der Waals surface area contributed by atoms with Crippen LogP contribution in [-0.4, -0.2) is 14.1 Å². The fraction of sp³-hybridized carbons (Fsp3) is 0.0556. The van der Waals surface area contributed by atoms with Crippen LogP contribution < -0.4 is 4.90 Å². The van der Waals surface area contributed by atoms with Gasteiger partial charge in [-0.2, -0.15) is 0 Å². The number of nitrogens with zero attached hydrogens (tertiary/aromatic N) is 4. The molecule has 0 spiro atoms. The molecule has 0 aliphatic heterocycles. The maximum Gasteiger partial charge on any atom is 0.191 e. The zero-order valence-electron chi connectivity index (χ0n) is 32.3. The minimum Gasteiger partial charge on any atom is -0.311 e. The van der Waals surface area contributed by atoms with Crippen molar-refractivity contribution in [2.45, 2.75) is 19.3 Å². The Morgan fingerprint density at radius 2 is 1.03 bits per heavy atom. The first-order valence-electron chi connectivity index (χ1n) is 19.8. The lowest BCUT2D eigenvalue weighted by Crippen LogP contribution is -2.15. The maximum absolute atomic E-state index is 5.05. The van der Waals surface area contributed by atoms with Crippen LogP contribution in [0.4, 0.5) is 17.1 Å². The van der Waals surface area contributed by atoms with Crippen LogP contribution in [0.3, 0.4) is 0 Å². The van der Waals surface area contributed by atoms with Gasteiger partial charge < -0.3 is 9.47 Å². The van der Waals surface area contributed by atoms with Gasteiger partial charge in [0.25, 0.3) is 0 Å². The monoisotopic (exact) mass is 742 g/mol. The van der Waals surface area contributed by atoms with Crippen LogP contribution in [-0.2, 0) is 5.41 Å². The minimum absolute atomic E-state index is 0.200. The van der Waals surface area contributed by atoms with Crippen molar-refractivity contribution in [2.24, 2.45) is 0 Å². The van der Waals surface area contributed by atoms with Crippen molar-refractivity contribution < 1.29 is 0 Å². The van der Waals surface area contributed by atoms with Crippen molar-refractivity contribution in [3.05, 3.63) is 217 Å². The van der Waals surface area contributed by atoms with Gasteiger partial charge in [0.05, 0.1) is 22.1 Å². The molecule has 58 heavy (non-hydrogen) atoms. The third kappa shape index (κ3) is 5.36. The van der Waals surface area contributed by atoms with Crippen molar-refractivity contribution in [2.75, 3.05) is 4.90 Å². The molecule has 4 nitrogen and oxygen atoms in total. The molecule has 0 amide bonds. The van der Waals surface area contributed by atoms with Crippen LogP contribution >= 0.6 is 0 Å². The predicted octanol–water partition coefficient (Wildman–Crippen LogP) is 13.3. The zero-order chi connectivity index (χ0) is 38.8. The van der Waals surface area contributed by atoms with Gasteiger partial charge in [0.2, 0.25) is 0 Å². The molecule has 2 aromatic heterocycles. The Hall–Kier alpha value is -7.61. The highest BCUT2D eigenvalue weighted by Gasteiger charge is 2.36. The van der Waals surface area contributed by atoms with Crippen molar-refractivity contribution in [3.63, 3.8) is 0 Å². The van der Waals surface area contributed by atoms with Gasteiger partial charge in [0, 0.05) is 50.2 Å². The summed E-state index contributed by atoms with van der Waals surface area (Å²) in [6, 6.07) is 68.9. The molecule has 0 N–H and O–H groups in total. The van der Waals surface area contributed by atoms with E-state index in [4.69, 9.17) is 4.98 Å². The van der Waals surface area contributed by atoms with E-state index >= 15 is 0 Å². The second-order valence-electron chi connectivity index (χ2n) is 15.5. The summed E-state index contributed by atoms with van der Waals surface area (Å²) in [5.74, 6) is 7.74. The van der Waals surface area contributed by atoms with Crippen LogP contribution in [0.2, 0.25) is 0 Å². The van der Waals surface area contributed by atoms with Gasteiger partial charge in [-0.15, -0.1) is 0 Å². The molecule has 2 heterocycles. The number of anilines is 3. The first kappa shape index (κ1) is 33.7. The molecule has 10 aromatic rings. The van der Waals surface area contributed by atoms with E-state index in [1.165, 1.54) is 49.7 Å². The summed E-state index contributed by atoms with van der Waals surface area (Å²) in [6.45, 7) is 4.69. The number of hydrogen-bond acceptors (Lipinski definition) is 2. The van der Waals surface area contributed by atoms with E-state index < -0.39 is 0 Å². The van der Waals surface area contributed by atoms with Crippen LogP contribution in [0.1, 0.15) is 36.4 Å². The van der Waals surface area contributed by atoms with E-state index in [1.807, 2.05) is 6.07 Å². The lowest BCUT2D eigenvalue weighted by atomic mass is 9.81. The highest BCUT2D eigenvalue weighted by molar-refractivity contribution is 6.11. The molecule has 274 valence electrons. The zero-order valence-corrected chi connectivity index (χ0v) is 32.3. The van der Waals surface area contributed by atoms with E-state index in [0.717, 1.165) is 39.3 Å². The minimum atomic E-state index is -0.200. The molecule has 1 aliphatic carbocycles. The van der Waals surface area contributed by atoms with Crippen LogP contribution in [0.5, 0.6) is 0 Å². The Balaban J connectivity index is 0.985. The Morgan fingerprint density at radius 1 is 0.448 bits per heavy atom. The Bertz CT molecular complexity index is 3190. The summed E-state index contributed by atoms with van der Waals surface area (Å²) in [5, 5.41) is 2.54. The molecule has 8 aromatic carbocycles. The fourth-order valence-electron chi connectivity index (χ4n) is 8.98. The summed E-state index contributed by atoms with van der Waals surface area (Å²) in [5.41, 5.74) is 15.8. The number of aromatic nitrogens is 3. The lowest BCUT2D eigenvalue weighted by molar-refractivity contribution is 0.661. The molecule has 0 atom stereocenters. The molecular weight excluding hydrogens is 705 g/mol. The molecule has 0 saturated carbocycles. The van der Waals surface area contributed by atoms with E-state index in [-0.39, 0.29) is 5.41 Å². The second kappa shape index (κ2) is 13.3. The summed E-state index contributed by atoms with van der Waals surface area (Å²) < 4.78 is 4.57. The van der Waals surface area contributed by atoms with Crippen molar-refractivity contribution in [3.8, 4) is 34.3 Å². The van der Waals surface area contributed by atoms with Gasteiger partial charge >= 0.3 is 0 Å². The van der Waals surface area contributed by atoms with E-state index in [0.29, 0.717) is 5.82 Å². The maximum atomic E-state index is 5.05. The number of benzene rings is 8. The first-order valence-corrected chi connectivity index (χ1v) is 19.8. The molecule has 0 fully saturated rings. The van der Waals surface area contributed by atoms with Gasteiger partial charge in [-0.05, 0) is 131 Å². The van der Waals surface area contributed by atoms with Crippen LogP contribution in [0.15, 0.2) is 194 Å². The molecule has 0 saturated heterocycles. The van der Waals surface area contributed by atoms with E-state index in [9.17, 15) is 0 Å². The normalized spacial score (nSPS) is 12.7. The predicted molar refractivity (Wildman–Crippen MR) is 240 cm³/mol. The largest absolute Gasteiger partial charge is 0.311 e. The molecule has 1 aliphatic rings. The van der Waals surface area contributed by atoms with Crippen molar-refractivity contribution in [1.29, 1.82) is 0 Å². The Morgan fingerprint density at radius 3 is 1.76 bits per heavy atom. The third-order valence-electron chi connectivity index (χ3n) is 11.8. The topological polar surface area (TPSA) is 26.0 Å². The van der Waals surface area contributed by atoms with Gasteiger partial charge in [-0.1, -0.05) is 111 Å². The van der Waals surface area contributed by atoms with Gasteiger partial charge in [0.1, 0.15) is 0 Å². The molecule has 0 radical (unpaired) electrons. The average Bonchev–Trinajstić information content (AvgIpc) is 3.88. The van der Waals surface area contributed by atoms with Gasteiger partial charge in [-0.25, -0.2) is 4.98 Å². The number of imidazole rings is 1. The number of hydrogen-bond donors (Lipinski definition) is 0. The third-order valence-corrected chi connectivity index (χ3v) is 11.8. The summed E-state index contributed by atoms with van der Waals surface area (Å²) >= 11 is 0. The smallest absolute Gasteiger partial charge is 0.191 e. The molecule has 0 unspecified atom stereocenters. The highest BCUT2D eigenvalue weighted by Crippen LogP contribution is 2.51. The Labute approximate surface area is 337 Å². The van der Waals surface area contributed by atoms with Gasteiger partial charge in [-0.3, -0.25) is 4.57 Å². The summed E-state index contributed by atoms with van der Waals surface area (Å²) in [6.07, 6.45) is 0. The van der Waals surface area contributed by atoms with E-state index in [2.05, 4.69) is 228 Å². The van der Waals surface area contributed by atoms with Crippen molar-refractivity contribution >= 4 is 49.9 Å². The highest BCUT2D eigenvalue weighted by atomic mass is 15.1. The fourth-order valence-corrected chi connectivity index (χ4v) is 8.98. The SMILES string of the molecule is CC1(C)c2cc(C#Cc3nc4ccccc4n3-c3ccc(N(c4ccccc4)c4ccccc4)cc3)ccc2-c2cc3c(cc21)c1ccccc1n3-c1ccccc1. The molecular formula is C54H38N4. The molecule has 11 rings (SSSR count). The number of fused-ring (bicyclic) bond motifs is 7. The average molecular weight is 743 g/mol. The quantitative estimate of drug-likeness (QED) is 0.164. The molecule has 4 heteroatoms. The number of rotatable bonds is 5. The lowest BCUT2D eigenvalue weighted by Gasteiger charge is -2.25. The van der Waals surface area contributed by atoms with Crippen molar-refractivity contribution in [1.82, 2.24) is 14.1 Å². The van der Waals surface area contributed by atoms with Gasteiger partial charge in [0.15, 0.2) is 5.82 Å². The standard InChI is InChI=1S/C54H38N4/c1-54(2)47-34-37(26-32-43(47)45-36-52-46(35-48(45)54)44-22-12-14-24-50(44)57(52)40-20-10-5-11-21-40)27-33-53-55-49-23-13-15-25-51(49)58(53)42-30-28-41(29-31-42)56(38-16-6-3-7-17-38)39-18-8-4-9-19-39/h3-26,28-32,34-36H,1-2H3. The Kier molecular flexibility index (Phi) is 7.71. The summed E-state index contributed by atoms with van der Waals surface area (Å²) in [7, 11) is 0. The first-order chi connectivity index (χ1) is 28.5. The van der Waals surface area contributed by atoms with Crippen LogP contribution in [0.25, 0.3) is 55.3 Å². The van der Waals surface area contributed by atoms with Crippen LogP contribution in [0, 0.1) is 11.8 Å².